The molecular weight excluding hydrogens is 366 g/mol. The van der Waals surface area contributed by atoms with Gasteiger partial charge in [-0.3, -0.25) is 4.72 Å². The monoisotopic (exact) mass is 383 g/mol. The molecule has 1 N–H and O–H groups in total. The lowest BCUT2D eigenvalue weighted by Crippen LogP contribution is -2.14. The standard InChI is InChI=1S/C16H18BrNO3S/c1-3-10-21-16-7-5-4-6-15(16)18-22(19,20)13-8-9-14(17)12(2)11-13/h4-9,11,18H,3,10H2,1-2H3. The Kier molecular flexibility index (Phi) is 5.47. The van der Waals surface area contributed by atoms with Crippen molar-refractivity contribution in [3.8, 4) is 5.75 Å². The van der Waals surface area contributed by atoms with Crippen LogP contribution in [0.25, 0.3) is 0 Å². The number of sulfonamides is 1. The molecule has 22 heavy (non-hydrogen) atoms. The lowest BCUT2D eigenvalue weighted by molar-refractivity contribution is 0.319. The highest BCUT2D eigenvalue weighted by Crippen LogP contribution is 2.28. The van der Waals surface area contributed by atoms with E-state index in [2.05, 4.69) is 20.7 Å². The molecule has 0 saturated carbocycles. The fraction of sp³-hybridized carbons (Fsp3) is 0.250. The van der Waals surface area contributed by atoms with Gasteiger partial charge in [0.25, 0.3) is 10.0 Å². The Bertz CT molecular complexity index is 760. The van der Waals surface area contributed by atoms with E-state index in [4.69, 9.17) is 4.74 Å². The van der Waals surface area contributed by atoms with Crippen LogP contribution in [0.5, 0.6) is 5.75 Å². The van der Waals surface area contributed by atoms with Gasteiger partial charge in [0.2, 0.25) is 0 Å². The SMILES string of the molecule is CCCOc1ccccc1NS(=O)(=O)c1ccc(Br)c(C)c1. The number of ether oxygens (including phenoxy) is 1. The Morgan fingerprint density at radius 1 is 1.18 bits per heavy atom. The number of halogens is 1. The first-order chi connectivity index (χ1) is 10.4. The van der Waals surface area contributed by atoms with Gasteiger partial charge < -0.3 is 4.74 Å². The lowest BCUT2D eigenvalue weighted by Gasteiger charge is -2.13. The third-order valence-electron chi connectivity index (χ3n) is 3.03. The van der Waals surface area contributed by atoms with Crippen molar-refractivity contribution in [3.05, 3.63) is 52.5 Å². The second-order valence-electron chi connectivity index (χ2n) is 4.86. The summed E-state index contributed by atoms with van der Waals surface area (Å²) in [7, 11) is -3.65. The average molecular weight is 384 g/mol. The van der Waals surface area contributed by atoms with Crippen LogP contribution in [-0.4, -0.2) is 15.0 Å². The molecule has 0 saturated heterocycles. The van der Waals surface area contributed by atoms with E-state index < -0.39 is 10.0 Å². The highest BCUT2D eigenvalue weighted by atomic mass is 79.9. The van der Waals surface area contributed by atoms with Crippen LogP contribution >= 0.6 is 15.9 Å². The van der Waals surface area contributed by atoms with Gasteiger partial charge in [-0.2, -0.15) is 0 Å². The number of hydrogen-bond acceptors (Lipinski definition) is 3. The molecule has 0 aliphatic rings. The molecular formula is C16H18BrNO3S. The number of benzene rings is 2. The van der Waals surface area contributed by atoms with E-state index in [0.29, 0.717) is 18.0 Å². The lowest BCUT2D eigenvalue weighted by atomic mass is 10.2. The topological polar surface area (TPSA) is 55.4 Å². The van der Waals surface area contributed by atoms with Gasteiger partial charge in [0.05, 0.1) is 17.2 Å². The van der Waals surface area contributed by atoms with Crippen molar-refractivity contribution in [2.75, 3.05) is 11.3 Å². The van der Waals surface area contributed by atoms with Gasteiger partial charge >= 0.3 is 0 Å². The summed E-state index contributed by atoms with van der Waals surface area (Å²) in [5.74, 6) is 0.529. The summed E-state index contributed by atoms with van der Waals surface area (Å²) in [6.45, 7) is 4.38. The minimum Gasteiger partial charge on any atom is -0.491 e. The molecule has 0 aliphatic heterocycles. The van der Waals surface area contributed by atoms with Gasteiger partial charge in [-0.05, 0) is 49.2 Å². The molecule has 2 rings (SSSR count). The molecule has 0 heterocycles. The minimum absolute atomic E-state index is 0.221. The predicted molar refractivity (Wildman–Crippen MR) is 91.9 cm³/mol. The Balaban J connectivity index is 2.30. The van der Waals surface area contributed by atoms with Crippen LogP contribution in [0.1, 0.15) is 18.9 Å². The van der Waals surface area contributed by atoms with Crippen molar-refractivity contribution in [1.29, 1.82) is 0 Å². The fourth-order valence-electron chi connectivity index (χ4n) is 1.88. The summed E-state index contributed by atoms with van der Waals surface area (Å²) in [5.41, 5.74) is 1.30. The van der Waals surface area contributed by atoms with Crippen LogP contribution in [0, 0.1) is 6.92 Å². The molecule has 2 aromatic rings. The van der Waals surface area contributed by atoms with Gasteiger partial charge in [-0.1, -0.05) is 35.0 Å². The van der Waals surface area contributed by atoms with Crippen LogP contribution in [0.4, 0.5) is 5.69 Å². The molecule has 4 nitrogen and oxygen atoms in total. The summed E-state index contributed by atoms with van der Waals surface area (Å²) in [5, 5.41) is 0. The molecule has 0 bridgehead atoms. The van der Waals surface area contributed by atoms with E-state index >= 15 is 0 Å². The average Bonchev–Trinajstić information content (AvgIpc) is 2.48. The zero-order chi connectivity index (χ0) is 16.2. The molecule has 2 aromatic carbocycles. The molecule has 0 unspecified atom stereocenters. The van der Waals surface area contributed by atoms with E-state index in [-0.39, 0.29) is 4.90 Å². The molecule has 0 fully saturated rings. The van der Waals surface area contributed by atoms with E-state index in [1.807, 2.05) is 19.9 Å². The largest absolute Gasteiger partial charge is 0.491 e. The summed E-state index contributed by atoms with van der Waals surface area (Å²) >= 11 is 3.37. The van der Waals surface area contributed by atoms with Gasteiger partial charge in [-0.15, -0.1) is 0 Å². The number of rotatable bonds is 6. The third-order valence-corrected chi connectivity index (χ3v) is 5.29. The minimum atomic E-state index is -3.65. The first kappa shape index (κ1) is 16.8. The van der Waals surface area contributed by atoms with Crippen LogP contribution in [0.15, 0.2) is 51.8 Å². The second kappa shape index (κ2) is 7.15. The number of aryl methyl sites for hydroxylation is 1. The van der Waals surface area contributed by atoms with Crippen molar-refractivity contribution in [2.45, 2.75) is 25.2 Å². The first-order valence-corrected chi connectivity index (χ1v) is 9.22. The third kappa shape index (κ3) is 4.01. The summed E-state index contributed by atoms with van der Waals surface area (Å²) in [6.07, 6.45) is 0.854. The van der Waals surface area contributed by atoms with Crippen LogP contribution in [0.2, 0.25) is 0 Å². The normalized spacial score (nSPS) is 11.2. The molecule has 0 amide bonds. The number of para-hydroxylation sites is 2. The number of anilines is 1. The van der Waals surface area contributed by atoms with Crippen molar-refractivity contribution >= 4 is 31.6 Å². The van der Waals surface area contributed by atoms with E-state index in [1.54, 1.807) is 36.4 Å². The maximum Gasteiger partial charge on any atom is 0.262 e. The molecule has 6 heteroatoms. The maximum absolute atomic E-state index is 12.5. The van der Waals surface area contributed by atoms with Crippen molar-refractivity contribution in [2.24, 2.45) is 0 Å². The fourth-order valence-corrected chi connectivity index (χ4v) is 3.28. The van der Waals surface area contributed by atoms with Crippen molar-refractivity contribution < 1.29 is 13.2 Å². The Morgan fingerprint density at radius 3 is 2.59 bits per heavy atom. The summed E-state index contributed by atoms with van der Waals surface area (Å²) in [6, 6.07) is 11.9. The second-order valence-corrected chi connectivity index (χ2v) is 7.40. The Morgan fingerprint density at radius 2 is 1.91 bits per heavy atom. The van der Waals surface area contributed by atoms with Gasteiger partial charge in [0.1, 0.15) is 5.75 Å². The summed E-state index contributed by atoms with van der Waals surface area (Å²) in [4.78, 5) is 0.221. The predicted octanol–water partition coefficient (Wildman–Crippen LogP) is 4.35. The highest BCUT2D eigenvalue weighted by Gasteiger charge is 2.17. The van der Waals surface area contributed by atoms with Crippen LogP contribution in [0.3, 0.4) is 0 Å². The van der Waals surface area contributed by atoms with E-state index in [0.717, 1.165) is 16.5 Å². The maximum atomic E-state index is 12.5. The van der Waals surface area contributed by atoms with Crippen LogP contribution in [-0.2, 0) is 10.0 Å². The smallest absolute Gasteiger partial charge is 0.262 e. The molecule has 0 radical (unpaired) electrons. The zero-order valence-electron chi connectivity index (χ0n) is 12.5. The Labute approximate surface area is 139 Å². The van der Waals surface area contributed by atoms with Crippen molar-refractivity contribution in [1.82, 2.24) is 0 Å². The van der Waals surface area contributed by atoms with E-state index in [9.17, 15) is 8.42 Å². The first-order valence-electron chi connectivity index (χ1n) is 6.95. The molecule has 0 aliphatic carbocycles. The Hall–Kier alpha value is -1.53. The zero-order valence-corrected chi connectivity index (χ0v) is 14.9. The van der Waals surface area contributed by atoms with Gasteiger partial charge in [0, 0.05) is 4.47 Å². The number of nitrogens with one attached hydrogen (secondary N) is 1. The molecule has 118 valence electrons. The van der Waals surface area contributed by atoms with Gasteiger partial charge in [-0.25, -0.2) is 8.42 Å². The highest BCUT2D eigenvalue weighted by molar-refractivity contribution is 9.10. The van der Waals surface area contributed by atoms with Gasteiger partial charge in [0.15, 0.2) is 0 Å². The van der Waals surface area contributed by atoms with Crippen LogP contribution < -0.4 is 9.46 Å². The van der Waals surface area contributed by atoms with Crippen molar-refractivity contribution in [3.63, 3.8) is 0 Å². The number of hydrogen-bond donors (Lipinski definition) is 1. The summed E-state index contributed by atoms with van der Waals surface area (Å²) < 4.78 is 34.1. The van der Waals surface area contributed by atoms with E-state index in [1.165, 1.54) is 0 Å². The quantitative estimate of drug-likeness (QED) is 0.806. The molecule has 0 spiro atoms. The molecule has 0 aromatic heterocycles. The molecule has 0 atom stereocenters.